The maximum atomic E-state index is 13.4. The summed E-state index contributed by atoms with van der Waals surface area (Å²) in [4.78, 5) is 0. The number of benzene rings is 1. The van der Waals surface area contributed by atoms with Gasteiger partial charge < -0.3 is 0 Å². The van der Waals surface area contributed by atoms with Gasteiger partial charge in [-0.2, -0.15) is 0 Å². The minimum atomic E-state index is -1.36. The average molecular weight is 393 g/mol. The minimum Gasteiger partial charge on any atom is -0.204 e. The molecule has 0 nitrogen and oxygen atoms in total. The van der Waals surface area contributed by atoms with Crippen molar-refractivity contribution >= 4 is 0 Å². The molecule has 0 bridgehead atoms. The van der Waals surface area contributed by atoms with Crippen LogP contribution in [0, 0.1) is 41.1 Å². The Balaban J connectivity index is 1.36. The summed E-state index contributed by atoms with van der Waals surface area (Å²) in [5.74, 6) is -0.132. The van der Waals surface area contributed by atoms with Gasteiger partial charge in [-0.15, -0.1) is 6.58 Å². The molecule has 0 aromatic heterocycles. The second-order valence-electron chi connectivity index (χ2n) is 9.19. The van der Waals surface area contributed by atoms with Crippen molar-refractivity contribution in [3.8, 4) is 0 Å². The summed E-state index contributed by atoms with van der Waals surface area (Å²) in [5, 5.41) is 0. The summed E-state index contributed by atoms with van der Waals surface area (Å²) >= 11 is 0. The lowest BCUT2D eigenvalue weighted by atomic mass is 9.68. The molecule has 156 valence electrons. The number of hydrogen-bond donors (Lipinski definition) is 0. The predicted octanol–water partition coefficient (Wildman–Crippen LogP) is 8.01. The topological polar surface area (TPSA) is 0 Å². The van der Waals surface area contributed by atoms with Crippen LogP contribution in [-0.2, 0) is 6.42 Å². The van der Waals surface area contributed by atoms with Gasteiger partial charge in [0.25, 0.3) is 0 Å². The second-order valence-corrected chi connectivity index (χ2v) is 9.19. The molecule has 0 heterocycles. The van der Waals surface area contributed by atoms with E-state index in [4.69, 9.17) is 0 Å². The van der Waals surface area contributed by atoms with E-state index in [0.717, 1.165) is 42.7 Å². The number of unbranched alkanes of at least 4 members (excludes halogenated alkanes) is 1. The van der Waals surface area contributed by atoms with Crippen molar-refractivity contribution in [3.05, 3.63) is 47.8 Å². The number of halogens is 3. The van der Waals surface area contributed by atoms with Crippen LogP contribution in [0.5, 0.6) is 0 Å². The predicted molar refractivity (Wildman–Crippen MR) is 110 cm³/mol. The van der Waals surface area contributed by atoms with Crippen LogP contribution in [0.3, 0.4) is 0 Å². The first-order chi connectivity index (χ1) is 13.6. The average Bonchev–Trinajstić information content (AvgIpc) is 2.71. The Labute approximate surface area is 168 Å². The minimum absolute atomic E-state index is 0.577. The van der Waals surface area contributed by atoms with E-state index < -0.39 is 17.5 Å². The van der Waals surface area contributed by atoms with Crippen molar-refractivity contribution in [1.29, 1.82) is 0 Å². The third-order valence-corrected chi connectivity index (χ3v) is 7.35. The molecular weight excluding hydrogens is 357 g/mol. The van der Waals surface area contributed by atoms with Crippen molar-refractivity contribution in [3.63, 3.8) is 0 Å². The maximum absolute atomic E-state index is 13.4. The smallest absolute Gasteiger partial charge is 0.194 e. The molecule has 3 rings (SSSR count). The van der Waals surface area contributed by atoms with Crippen molar-refractivity contribution in [2.45, 2.75) is 83.5 Å². The van der Waals surface area contributed by atoms with E-state index in [1.54, 1.807) is 0 Å². The van der Waals surface area contributed by atoms with E-state index in [1.807, 2.05) is 6.08 Å². The van der Waals surface area contributed by atoms with Crippen molar-refractivity contribution in [2.75, 3.05) is 0 Å². The highest BCUT2D eigenvalue weighted by Gasteiger charge is 2.30. The van der Waals surface area contributed by atoms with Crippen molar-refractivity contribution < 1.29 is 13.2 Å². The van der Waals surface area contributed by atoms with E-state index in [2.05, 4.69) is 6.58 Å². The standard InChI is InChI=1S/C25H35F3/c1-2-3-4-5-18-8-12-21(13-9-18)22-14-10-19(11-15-22)6-7-20-16-23(26)25(28)24(27)17-20/h2,16-19,21-22H,1,3-15H2/t18-,19-,21-,22-. The normalized spacial score (nSPS) is 28.2. The number of rotatable bonds is 8. The zero-order chi connectivity index (χ0) is 19.9. The van der Waals surface area contributed by atoms with Gasteiger partial charge in [0.2, 0.25) is 0 Å². The summed E-state index contributed by atoms with van der Waals surface area (Å²) < 4.78 is 39.8. The van der Waals surface area contributed by atoms with Gasteiger partial charge in [0.05, 0.1) is 0 Å². The molecule has 0 amide bonds. The summed E-state index contributed by atoms with van der Waals surface area (Å²) in [6, 6.07) is 2.30. The molecular formula is C25H35F3. The highest BCUT2D eigenvalue weighted by Crippen LogP contribution is 2.43. The van der Waals surface area contributed by atoms with E-state index in [1.165, 1.54) is 64.2 Å². The van der Waals surface area contributed by atoms with Gasteiger partial charge in [0, 0.05) is 0 Å². The van der Waals surface area contributed by atoms with Crippen LogP contribution < -0.4 is 0 Å². The molecule has 3 heteroatoms. The molecule has 0 aliphatic heterocycles. The molecule has 0 saturated heterocycles. The second kappa shape index (κ2) is 10.5. The molecule has 1 aromatic carbocycles. The number of aryl methyl sites for hydroxylation is 1. The highest BCUT2D eigenvalue weighted by atomic mass is 19.2. The largest absolute Gasteiger partial charge is 0.204 e. The van der Waals surface area contributed by atoms with Crippen LogP contribution in [0.1, 0.15) is 82.6 Å². The van der Waals surface area contributed by atoms with Crippen molar-refractivity contribution in [1.82, 2.24) is 0 Å². The van der Waals surface area contributed by atoms with Gasteiger partial charge in [0.15, 0.2) is 17.5 Å². The Hall–Kier alpha value is -1.25. The summed E-state index contributed by atoms with van der Waals surface area (Å²) in [6.45, 7) is 3.82. The zero-order valence-corrected chi connectivity index (χ0v) is 17.1. The zero-order valence-electron chi connectivity index (χ0n) is 17.1. The summed E-state index contributed by atoms with van der Waals surface area (Å²) in [6.07, 6.45) is 18.2. The maximum Gasteiger partial charge on any atom is 0.194 e. The van der Waals surface area contributed by atoms with Crippen LogP contribution in [-0.4, -0.2) is 0 Å². The Kier molecular flexibility index (Phi) is 8.05. The Morgan fingerprint density at radius 1 is 0.786 bits per heavy atom. The first-order valence-electron chi connectivity index (χ1n) is 11.3. The van der Waals surface area contributed by atoms with Gasteiger partial charge in [-0.25, -0.2) is 13.2 Å². The van der Waals surface area contributed by atoms with Crippen LogP contribution in [0.15, 0.2) is 24.8 Å². The Morgan fingerprint density at radius 3 is 1.79 bits per heavy atom. The van der Waals surface area contributed by atoms with Gasteiger partial charge in [-0.1, -0.05) is 38.2 Å². The molecule has 0 N–H and O–H groups in total. The van der Waals surface area contributed by atoms with Crippen LogP contribution in [0.4, 0.5) is 13.2 Å². The molecule has 0 radical (unpaired) electrons. The lowest BCUT2D eigenvalue weighted by Gasteiger charge is -2.38. The van der Waals surface area contributed by atoms with Gasteiger partial charge in [-0.05, 0) is 92.7 Å². The lowest BCUT2D eigenvalue weighted by Crippen LogP contribution is -2.26. The summed E-state index contributed by atoms with van der Waals surface area (Å²) in [5.41, 5.74) is 0.577. The molecule has 0 spiro atoms. The van der Waals surface area contributed by atoms with E-state index >= 15 is 0 Å². The monoisotopic (exact) mass is 392 g/mol. The van der Waals surface area contributed by atoms with E-state index in [9.17, 15) is 13.2 Å². The third kappa shape index (κ3) is 5.87. The van der Waals surface area contributed by atoms with E-state index in [0.29, 0.717) is 17.9 Å². The van der Waals surface area contributed by atoms with Gasteiger partial charge >= 0.3 is 0 Å². The molecule has 28 heavy (non-hydrogen) atoms. The highest BCUT2D eigenvalue weighted by molar-refractivity contribution is 5.19. The first-order valence-corrected chi connectivity index (χ1v) is 11.3. The summed E-state index contributed by atoms with van der Waals surface area (Å²) in [7, 11) is 0. The molecule has 2 fully saturated rings. The van der Waals surface area contributed by atoms with E-state index in [-0.39, 0.29) is 0 Å². The fourth-order valence-corrected chi connectivity index (χ4v) is 5.57. The third-order valence-electron chi connectivity index (χ3n) is 7.35. The Morgan fingerprint density at radius 2 is 1.29 bits per heavy atom. The number of hydrogen-bond acceptors (Lipinski definition) is 0. The fraction of sp³-hybridized carbons (Fsp3) is 0.680. The molecule has 1 aromatic rings. The molecule has 2 aliphatic rings. The van der Waals surface area contributed by atoms with Crippen LogP contribution >= 0.6 is 0 Å². The Bertz CT molecular complexity index is 600. The van der Waals surface area contributed by atoms with Crippen LogP contribution in [0.25, 0.3) is 0 Å². The SMILES string of the molecule is C=CCCC[C@H]1CC[C@H]([C@H]2CC[C@H](CCc3cc(F)c(F)c(F)c3)CC2)CC1. The fourth-order valence-electron chi connectivity index (χ4n) is 5.57. The first kappa shape index (κ1) is 21.5. The molecule has 2 saturated carbocycles. The van der Waals surface area contributed by atoms with Crippen LogP contribution in [0.2, 0.25) is 0 Å². The number of allylic oxidation sites excluding steroid dienone is 1. The molecule has 2 aliphatic carbocycles. The lowest BCUT2D eigenvalue weighted by molar-refractivity contribution is 0.141. The van der Waals surface area contributed by atoms with Crippen molar-refractivity contribution in [2.24, 2.45) is 23.7 Å². The van der Waals surface area contributed by atoms with Gasteiger partial charge in [0.1, 0.15) is 0 Å². The van der Waals surface area contributed by atoms with Gasteiger partial charge in [-0.3, -0.25) is 0 Å². The quantitative estimate of drug-likeness (QED) is 0.239. The molecule has 0 unspecified atom stereocenters. The molecule has 0 atom stereocenters.